The molecule has 0 spiro atoms. The SMILES string of the molecule is C=C/C=C(/CC(=O)Cc1ccccc1)C(=C)Cl. The lowest BCUT2D eigenvalue weighted by Crippen LogP contribution is -2.04. The second kappa shape index (κ2) is 6.87. The average Bonchev–Trinajstić information content (AvgIpc) is 2.29. The van der Waals surface area contributed by atoms with E-state index in [1.807, 2.05) is 30.3 Å². The highest BCUT2D eigenvalue weighted by Gasteiger charge is 2.08. The molecule has 0 N–H and O–H groups in total. The number of ketones is 1. The van der Waals surface area contributed by atoms with Crippen molar-refractivity contribution in [2.24, 2.45) is 0 Å². The zero-order valence-electron chi connectivity index (χ0n) is 9.66. The molecule has 1 rings (SSSR count). The highest BCUT2D eigenvalue weighted by Crippen LogP contribution is 2.17. The molecule has 0 bridgehead atoms. The third-order valence-corrected chi connectivity index (χ3v) is 2.54. The summed E-state index contributed by atoms with van der Waals surface area (Å²) in [5.74, 6) is 0.117. The van der Waals surface area contributed by atoms with Gasteiger partial charge in [0.25, 0.3) is 0 Å². The van der Waals surface area contributed by atoms with Gasteiger partial charge in [-0.3, -0.25) is 4.79 Å². The summed E-state index contributed by atoms with van der Waals surface area (Å²) in [5.41, 5.74) is 1.73. The molecule has 0 saturated carbocycles. The van der Waals surface area contributed by atoms with Gasteiger partial charge < -0.3 is 0 Å². The summed E-state index contributed by atoms with van der Waals surface area (Å²) < 4.78 is 0. The first-order valence-electron chi connectivity index (χ1n) is 5.35. The molecule has 1 nitrogen and oxygen atoms in total. The van der Waals surface area contributed by atoms with Crippen LogP contribution in [0, 0.1) is 0 Å². The molecule has 1 aromatic carbocycles. The predicted molar refractivity (Wildman–Crippen MR) is 73.0 cm³/mol. The van der Waals surface area contributed by atoms with Gasteiger partial charge in [0.05, 0.1) is 0 Å². The van der Waals surface area contributed by atoms with E-state index >= 15 is 0 Å². The fourth-order valence-electron chi connectivity index (χ4n) is 1.49. The van der Waals surface area contributed by atoms with Gasteiger partial charge >= 0.3 is 0 Å². The van der Waals surface area contributed by atoms with Crippen molar-refractivity contribution in [1.82, 2.24) is 0 Å². The van der Waals surface area contributed by atoms with Crippen molar-refractivity contribution in [3.05, 3.63) is 71.8 Å². The van der Waals surface area contributed by atoms with Crippen molar-refractivity contribution < 1.29 is 4.79 Å². The largest absolute Gasteiger partial charge is 0.299 e. The van der Waals surface area contributed by atoms with E-state index in [0.29, 0.717) is 17.9 Å². The Morgan fingerprint density at radius 1 is 1.29 bits per heavy atom. The molecule has 1 aromatic rings. The van der Waals surface area contributed by atoms with E-state index in [4.69, 9.17) is 11.6 Å². The van der Waals surface area contributed by atoms with E-state index in [0.717, 1.165) is 11.1 Å². The lowest BCUT2D eigenvalue weighted by molar-refractivity contribution is -0.117. The summed E-state index contributed by atoms with van der Waals surface area (Å²) in [5, 5.41) is 0.395. The molecule has 0 aliphatic heterocycles. The third kappa shape index (κ3) is 4.83. The summed E-state index contributed by atoms with van der Waals surface area (Å²) in [7, 11) is 0. The number of Topliss-reactive ketones (excluding diaryl/α,β-unsaturated/α-hetero) is 1. The molecular formula is C15H15ClO. The predicted octanol–water partition coefficient (Wildman–Crippen LogP) is 4.05. The number of hydrogen-bond acceptors (Lipinski definition) is 1. The van der Waals surface area contributed by atoms with Crippen LogP contribution in [0.4, 0.5) is 0 Å². The van der Waals surface area contributed by atoms with Gasteiger partial charge in [-0.2, -0.15) is 0 Å². The Morgan fingerprint density at radius 2 is 1.94 bits per heavy atom. The normalized spacial score (nSPS) is 11.0. The fourth-order valence-corrected chi connectivity index (χ4v) is 1.62. The molecule has 0 aliphatic carbocycles. The van der Waals surface area contributed by atoms with Gasteiger partial charge in [-0.15, -0.1) is 0 Å². The molecule has 0 aromatic heterocycles. The van der Waals surface area contributed by atoms with Crippen molar-refractivity contribution >= 4 is 17.4 Å². The van der Waals surface area contributed by atoms with Crippen molar-refractivity contribution in [3.8, 4) is 0 Å². The number of carbonyl (C=O) groups is 1. The summed E-state index contributed by atoms with van der Waals surface area (Å²) in [6.07, 6.45) is 4.04. The van der Waals surface area contributed by atoms with Gasteiger partial charge in [-0.25, -0.2) is 0 Å². The highest BCUT2D eigenvalue weighted by molar-refractivity contribution is 6.31. The summed E-state index contributed by atoms with van der Waals surface area (Å²) in [6.45, 7) is 7.22. The molecule has 0 unspecified atom stereocenters. The minimum atomic E-state index is 0.117. The monoisotopic (exact) mass is 246 g/mol. The first-order valence-corrected chi connectivity index (χ1v) is 5.73. The van der Waals surface area contributed by atoms with Gasteiger partial charge in [0.1, 0.15) is 5.78 Å². The zero-order chi connectivity index (χ0) is 12.7. The highest BCUT2D eigenvalue weighted by atomic mass is 35.5. The standard InChI is InChI=1S/C15H15ClO/c1-3-7-14(12(2)16)11-15(17)10-13-8-5-4-6-9-13/h3-9H,1-2,10-11H2/b14-7-. The van der Waals surface area contributed by atoms with Crippen LogP contribution in [-0.4, -0.2) is 5.78 Å². The van der Waals surface area contributed by atoms with Crippen LogP contribution in [0.2, 0.25) is 0 Å². The number of rotatable bonds is 6. The molecule has 0 radical (unpaired) electrons. The fraction of sp³-hybridized carbons (Fsp3) is 0.133. The number of allylic oxidation sites excluding steroid dienone is 4. The van der Waals surface area contributed by atoms with E-state index in [1.165, 1.54) is 0 Å². The van der Waals surface area contributed by atoms with Crippen molar-refractivity contribution in [2.45, 2.75) is 12.8 Å². The number of halogens is 1. The number of hydrogen-bond donors (Lipinski definition) is 0. The molecule has 0 fully saturated rings. The quantitative estimate of drug-likeness (QED) is 0.692. The molecular weight excluding hydrogens is 232 g/mol. The Balaban J connectivity index is 2.63. The van der Waals surface area contributed by atoms with Crippen molar-refractivity contribution in [2.75, 3.05) is 0 Å². The van der Waals surface area contributed by atoms with E-state index < -0.39 is 0 Å². The molecule has 0 heterocycles. The zero-order valence-corrected chi connectivity index (χ0v) is 10.4. The smallest absolute Gasteiger partial charge is 0.141 e. The Morgan fingerprint density at radius 3 is 2.47 bits per heavy atom. The van der Waals surface area contributed by atoms with Gasteiger partial charge in [0.15, 0.2) is 0 Å². The lowest BCUT2D eigenvalue weighted by atomic mass is 10.0. The van der Waals surface area contributed by atoms with E-state index in [2.05, 4.69) is 13.2 Å². The lowest BCUT2D eigenvalue weighted by Gasteiger charge is -2.04. The van der Waals surface area contributed by atoms with Crippen molar-refractivity contribution in [3.63, 3.8) is 0 Å². The number of benzene rings is 1. The first-order chi connectivity index (χ1) is 8.13. The van der Waals surface area contributed by atoms with E-state index in [9.17, 15) is 4.79 Å². The van der Waals surface area contributed by atoms with Crippen LogP contribution in [0.15, 0.2) is 66.2 Å². The maximum absolute atomic E-state index is 11.8. The van der Waals surface area contributed by atoms with E-state index in [-0.39, 0.29) is 5.78 Å². The first kappa shape index (κ1) is 13.5. The Kier molecular flexibility index (Phi) is 5.44. The van der Waals surface area contributed by atoms with Crippen molar-refractivity contribution in [1.29, 1.82) is 0 Å². The van der Waals surface area contributed by atoms with Crippen LogP contribution in [0.1, 0.15) is 12.0 Å². The van der Waals surface area contributed by atoms with Crippen LogP contribution in [-0.2, 0) is 11.2 Å². The van der Waals surface area contributed by atoms with Crippen LogP contribution >= 0.6 is 11.6 Å². The summed E-state index contributed by atoms with van der Waals surface area (Å²) >= 11 is 5.81. The minimum Gasteiger partial charge on any atom is -0.299 e. The van der Waals surface area contributed by atoms with Crippen LogP contribution in [0.3, 0.4) is 0 Å². The van der Waals surface area contributed by atoms with Gasteiger partial charge in [0.2, 0.25) is 0 Å². The summed E-state index contributed by atoms with van der Waals surface area (Å²) in [4.78, 5) is 11.8. The topological polar surface area (TPSA) is 17.1 Å². The second-order valence-corrected chi connectivity index (χ2v) is 4.17. The summed E-state index contributed by atoms with van der Waals surface area (Å²) in [6, 6.07) is 9.64. The molecule has 17 heavy (non-hydrogen) atoms. The van der Waals surface area contributed by atoms with Gasteiger partial charge in [0, 0.05) is 17.9 Å². The molecule has 0 amide bonds. The van der Waals surface area contributed by atoms with Gasteiger partial charge in [-0.05, 0) is 11.1 Å². The third-order valence-electron chi connectivity index (χ3n) is 2.30. The average molecular weight is 247 g/mol. The van der Waals surface area contributed by atoms with E-state index in [1.54, 1.807) is 12.2 Å². The van der Waals surface area contributed by atoms with Gasteiger partial charge in [-0.1, -0.05) is 67.2 Å². The Hall–Kier alpha value is -1.60. The Bertz CT molecular complexity index is 443. The van der Waals surface area contributed by atoms with Crippen LogP contribution < -0.4 is 0 Å². The molecule has 0 aliphatic rings. The van der Waals surface area contributed by atoms with Crippen LogP contribution in [0.5, 0.6) is 0 Å². The minimum absolute atomic E-state index is 0.117. The molecule has 88 valence electrons. The molecule has 0 atom stereocenters. The van der Waals surface area contributed by atoms with Crippen LogP contribution in [0.25, 0.3) is 0 Å². The number of carbonyl (C=O) groups excluding carboxylic acids is 1. The maximum Gasteiger partial charge on any atom is 0.141 e. The Labute approximate surface area is 107 Å². The maximum atomic E-state index is 11.8. The second-order valence-electron chi connectivity index (χ2n) is 3.71. The molecule has 0 saturated heterocycles. The molecule has 2 heteroatoms.